The minimum atomic E-state index is 0.0263. The number of hydrogen-bond donors (Lipinski definition) is 0. The van der Waals surface area contributed by atoms with Gasteiger partial charge in [-0.1, -0.05) is 35.1 Å². The fourth-order valence-electron chi connectivity index (χ4n) is 3.38. The van der Waals surface area contributed by atoms with Gasteiger partial charge in [-0.15, -0.1) is 10.2 Å². The largest absolute Gasteiger partial charge is 0.344 e. The van der Waals surface area contributed by atoms with Crippen molar-refractivity contribution in [3.8, 4) is 0 Å². The van der Waals surface area contributed by atoms with Gasteiger partial charge >= 0.3 is 0 Å². The Labute approximate surface area is 181 Å². The molecule has 0 spiro atoms. The molecule has 0 unspecified atom stereocenters. The molecule has 0 radical (unpaired) electrons. The fourth-order valence-corrected chi connectivity index (χ4v) is 4.44. The molecule has 6 nitrogen and oxygen atoms in total. The van der Waals surface area contributed by atoms with Crippen molar-refractivity contribution in [2.45, 2.75) is 39.3 Å². The first kappa shape index (κ1) is 20.3. The van der Waals surface area contributed by atoms with Crippen molar-refractivity contribution in [1.29, 1.82) is 0 Å². The van der Waals surface area contributed by atoms with Crippen LogP contribution in [0.3, 0.4) is 0 Å². The summed E-state index contributed by atoms with van der Waals surface area (Å²) in [6, 6.07) is 7.93. The molecule has 3 heterocycles. The predicted octanol–water partition coefficient (Wildman–Crippen LogP) is 4.06. The van der Waals surface area contributed by atoms with Gasteiger partial charge in [0.15, 0.2) is 0 Å². The molecule has 0 N–H and O–H groups in total. The first-order chi connectivity index (χ1) is 13.9. The van der Waals surface area contributed by atoms with E-state index in [-0.39, 0.29) is 5.54 Å². The highest BCUT2D eigenvalue weighted by molar-refractivity contribution is 7.15. The van der Waals surface area contributed by atoms with Crippen LogP contribution < -0.4 is 4.90 Å². The number of benzene rings is 1. The maximum Gasteiger partial charge on any atom is 0.208 e. The van der Waals surface area contributed by atoms with Crippen LogP contribution in [0.1, 0.15) is 36.9 Å². The number of halogens is 1. The van der Waals surface area contributed by atoms with Crippen molar-refractivity contribution in [2.75, 3.05) is 31.1 Å². The lowest BCUT2D eigenvalue weighted by molar-refractivity contribution is 0.249. The molecule has 4 rings (SSSR count). The number of anilines is 1. The molecule has 29 heavy (non-hydrogen) atoms. The third kappa shape index (κ3) is 5.15. The van der Waals surface area contributed by atoms with Gasteiger partial charge < -0.3 is 4.90 Å². The van der Waals surface area contributed by atoms with Crippen LogP contribution >= 0.6 is 22.9 Å². The van der Waals surface area contributed by atoms with Crippen LogP contribution in [-0.4, -0.2) is 51.1 Å². The third-order valence-electron chi connectivity index (χ3n) is 5.10. The van der Waals surface area contributed by atoms with E-state index in [2.05, 4.69) is 52.1 Å². The standard InChI is InChI=1S/C21H27ClN6S/c1-21(2,3)28-15-17(13-23-28)14-26-8-10-27(11-9-26)20-25-24-19(29-20)12-16-4-6-18(22)7-5-16/h4-7,13,15H,8-12,14H2,1-3H3. The van der Waals surface area contributed by atoms with Gasteiger partial charge in [-0.2, -0.15) is 5.10 Å². The summed E-state index contributed by atoms with van der Waals surface area (Å²) in [4.78, 5) is 4.83. The van der Waals surface area contributed by atoms with E-state index >= 15 is 0 Å². The van der Waals surface area contributed by atoms with Crippen LogP contribution in [0.25, 0.3) is 0 Å². The minimum Gasteiger partial charge on any atom is -0.344 e. The molecule has 2 aromatic heterocycles. The normalized spacial score (nSPS) is 15.8. The van der Waals surface area contributed by atoms with E-state index in [1.54, 1.807) is 11.3 Å². The lowest BCUT2D eigenvalue weighted by atomic mass is 10.1. The van der Waals surface area contributed by atoms with E-state index in [0.717, 1.165) is 54.3 Å². The summed E-state index contributed by atoms with van der Waals surface area (Å²) in [6.07, 6.45) is 4.96. The second kappa shape index (κ2) is 8.42. The molecule has 1 aliphatic rings. The Morgan fingerprint density at radius 1 is 1.00 bits per heavy atom. The smallest absolute Gasteiger partial charge is 0.208 e. The van der Waals surface area contributed by atoms with Crippen LogP contribution in [0.5, 0.6) is 0 Å². The molecule has 0 saturated carbocycles. The summed E-state index contributed by atoms with van der Waals surface area (Å²) < 4.78 is 2.04. The minimum absolute atomic E-state index is 0.0263. The Bertz CT molecular complexity index is 935. The topological polar surface area (TPSA) is 50.1 Å². The zero-order valence-corrected chi connectivity index (χ0v) is 18.7. The van der Waals surface area contributed by atoms with Gasteiger partial charge in [-0.05, 0) is 38.5 Å². The highest BCUT2D eigenvalue weighted by atomic mass is 35.5. The lowest BCUT2D eigenvalue weighted by Crippen LogP contribution is -2.45. The molecule has 1 fully saturated rings. The summed E-state index contributed by atoms with van der Waals surface area (Å²) in [7, 11) is 0. The van der Waals surface area contributed by atoms with Gasteiger partial charge in [0.2, 0.25) is 5.13 Å². The number of piperazine rings is 1. The van der Waals surface area contributed by atoms with Crippen molar-refractivity contribution in [3.05, 3.63) is 57.8 Å². The van der Waals surface area contributed by atoms with Gasteiger partial charge in [0, 0.05) is 55.9 Å². The molecule has 154 valence electrons. The van der Waals surface area contributed by atoms with E-state index in [1.807, 2.05) is 35.1 Å². The Hall–Kier alpha value is -1.96. The number of aromatic nitrogens is 4. The third-order valence-corrected chi connectivity index (χ3v) is 6.33. The Balaban J connectivity index is 1.30. The molecule has 1 aliphatic heterocycles. The van der Waals surface area contributed by atoms with Crippen molar-refractivity contribution < 1.29 is 0 Å². The number of rotatable bonds is 5. The van der Waals surface area contributed by atoms with Crippen molar-refractivity contribution in [3.63, 3.8) is 0 Å². The van der Waals surface area contributed by atoms with Crippen LogP contribution in [0.4, 0.5) is 5.13 Å². The molecule has 0 amide bonds. The van der Waals surface area contributed by atoms with E-state index in [0.29, 0.717) is 0 Å². The SMILES string of the molecule is CC(C)(C)n1cc(CN2CCN(c3nnc(Cc4ccc(Cl)cc4)s3)CC2)cn1. The van der Waals surface area contributed by atoms with E-state index in [1.165, 1.54) is 11.1 Å². The van der Waals surface area contributed by atoms with Crippen LogP contribution in [0, 0.1) is 0 Å². The van der Waals surface area contributed by atoms with Crippen LogP contribution in [-0.2, 0) is 18.5 Å². The summed E-state index contributed by atoms with van der Waals surface area (Å²) in [5.41, 5.74) is 2.51. The van der Waals surface area contributed by atoms with Gasteiger partial charge in [0.25, 0.3) is 0 Å². The average Bonchev–Trinajstić information content (AvgIpc) is 3.34. The Morgan fingerprint density at radius 3 is 2.38 bits per heavy atom. The van der Waals surface area contributed by atoms with Crippen molar-refractivity contribution in [2.24, 2.45) is 0 Å². The van der Waals surface area contributed by atoms with Gasteiger partial charge in [0.05, 0.1) is 11.7 Å². The summed E-state index contributed by atoms with van der Waals surface area (Å²) >= 11 is 7.65. The fraction of sp³-hybridized carbons (Fsp3) is 0.476. The van der Waals surface area contributed by atoms with E-state index < -0.39 is 0 Å². The molecule has 0 atom stereocenters. The Morgan fingerprint density at radius 2 is 1.72 bits per heavy atom. The van der Waals surface area contributed by atoms with Crippen molar-refractivity contribution in [1.82, 2.24) is 24.9 Å². The van der Waals surface area contributed by atoms with E-state index in [9.17, 15) is 0 Å². The van der Waals surface area contributed by atoms with Gasteiger partial charge in [-0.25, -0.2) is 0 Å². The quantitative estimate of drug-likeness (QED) is 0.611. The number of nitrogens with zero attached hydrogens (tertiary/aromatic N) is 6. The molecule has 8 heteroatoms. The second-order valence-electron chi connectivity index (χ2n) is 8.51. The monoisotopic (exact) mass is 430 g/mol. The maximum atomic E-state index is 5.96. The zero-order valence-electron chi connectivity index (χ0n) is 17.2. The van der Waals surface area contributed by atoms with Crippen LogP contribution in [0.15, 0.2) is 36.7 Å². The maximum absolute atomic E-state index is 5.96. The highest BCUT2D eigenvalue weighted by Crippen LogP contribution is 2.24. The molecule has 1 aromatic carbocycles. The first-order valence-electron chi connectivity index (χ1n) is 9.95. The number of hydrogen-bond acceptors (Lipinski definition) is 6. The van der Waals surface area contributed by atoms with Gasteiger partial charge in [0.1, 0.15) is 5.01 Å². The second-order valence-corrected chi connectivity index (χ2v) is 9.99. The zero-order chi connectivity index (χ0) is 20.4. The molecule has 3 aromatic rings. The Kier molecular flexibility index (Phi) is 5.90. The first-order valence-corrected chi connectivity index (χ1v) is 11.1. The molecule has 0 bridgehead atoms. The average molecular weight is 431 g/mol. The molecule has 1 saturated heterocycles. The summed E-state index contributed by atoms with van der Waals surface area (Å²) in [5.74, 6) is 0. The van der Waals surface area contributed by atoms with E-state index in [4.69, 9.17) is 11.6 Å². The highest BCUT2D eigenvalue weighted by Gasteiger charge is 2.21. The van der Waals surface area contributed by atoms with Gasteiger partial charge in [-0.3, -0.25) is 9.58 Å². The molecule has 0 aliphatic carbocycles. The van der Waals surface area contributed by atoms with Crippen molar-refractivity contribution >= 4 is 28.1 Å². The summed E-state index contributed by atoms with van der Waals surface area (Å²) in [6.45, 7) is 11.5. The lowest BCUT2D eigenvalue weighted by Gasteiger charge is -2.34. The van der Waals surface area contributed by atoms with Crippen LogP contribution in [0.2, 0.25) is 5.02 Å². The molecular formula is C21H27ClN6S. The predicted molar refractivity (Wildman–Crippen MR) is 119 cm³/mol. The molecular weight excluding hydrogens is 404 g/mol. The summed E-state index contributed by atoms with van der Waals surface area (Å²) in [5, 5.41) is 16.2.